The van der Waals surface area contributed by atoms with Crippen LogP contribution in [0.1, 0.15) is 23.3 Å². The van der Waals surface area contributed by atoms with E-state index in [0.717, 1.165) is 44.5 Å². The average molecular weight is 323 g/mol. The van der Waals surface area contributed by atoms with Crippen molar-refractivity contribution < 1.29 is 8.78 Å². The van der Waals surface area contributed by atoms with Gasteiger partial charge in [-0.1, -0.05) is 6.07 Å². The smallest absolute Gasteiger partial charge is 0.180 e. The minimum Gasteiger partial charge on any atom is -0.375 e. The summed E-state index contributed by atoms with van der Waals surface area (Å²) in [7, 11) is 0. The maximum atomic E-state index is 13.2. The van der Waals surface area contributed by atoms with Crippen LogP contribution >= 0.6 is 11.3 Å². The van der Waals surface area contributed by atoms with E-state index in [0.29, 0.717) is 11.0 Å². The third-order valence-corrected chi connectivity index (χ3v) is 4.98. The van der Waals surface area contributed by atoms with Crippen molar-refractivity contribution in [1.82, 2.24) is 9.88 Å². The Hall–Kier alpha value is -1.53. The lowest BCUT2D eigenvalue weighted by Gasteiger charge is -2.31. The standard InChI is InChI=1S/C16H19F2N3S/c17-14-2-1-12(8-15(14)18)7-11-3-5-21(6-4-11)10-13-9-20-16(19)22-13/h1-2,8-9,11H,3-7,10H2,(H2,19,20). The van der Waals surface area contributed by atoms with Crippen LogP contribution in [0.2, 0.25) is 0 Å². The van der Waals surface area contributed by atoms with Crippen molar-refractivity contribution >= 4 is 16.5 Å². The topological polar surface area (TPSA) is 42.1 Å². The molecule has 2 heterocycles. The Morgan fingerprint density at radius 2 is 2.00 bits per heavy atom. The lowest BCUT2D eigenvalue weighted by molar-refractivity contribution is 0.178. The van der Waals surface area contributed by atoms with Gasteiger partial charge in [0.05, 0.1) is 0 Å². The number of nitrogens with zero attached hydrogens (tertiary/aromatic N) is 2. The van der Waals surface area contributed by atoms with Crippen molar-refractivity contribution in [2.24, 2.45) is 5.92 Å². The molecule has 2 N–H and O–H groups in total. The van der Waals surface area contributed by atoms with E-state index in [-0.39, 0.29) is 0 Å². The number of likely N-dealkylation sites (tertiary alicyclic amines) is 1. The molecule has 2 aromatic rings. The summed E-state index contributed by atoms with van der Waals surface area (Å²) in [5, 5.41) is 0.614. The van der Waals surface area contributed by atoms with Gasteiger partial charge in [0.15, 0.2) is 16.8 Å². The van der Waals surface area contributed by atoms with Crippen LogP contribution < -0.4 is 5.73 Å². The van der Waals surface area contributed by atoms with Gasteiger partial charge in [-0.05, 0) is 56.0 Å². The summed E-state index contributed by atoms with van der Waals surface area (Å²) in [5.41, 5.74) is 6.53. The Bertz CT molecular complexity index is 636. The lowest BCUT2D eigenvalue weighted by Crippen LogP contribution is -2.33. The molecule has 0 unspecified atom stereocenters. The summed E-state index contributed by atoms with van der Waals surface area (Å²) in [4.78, 5) is 7.66. The van der Waals surface area contributed by atoms with E-state index in [1.807, 2.05) is 6.20 Å². The first kappa shape index (κ1) is 15.4. The second-order valence-electron chi connectivity index (χ2n) is 5.84. The van der Waals surface area contributed by atoms with Crippen LogP contribution in [-0.2, 0) is 13.0 Å². The quantitative estimate of drug-likeness (QED) is 0.937. The summed E-state index contributed by atoms with van der Waals surface area (Å²) < 4.78 is 26.2. The largest absolute Gasteiger partial charge is 0.375 e. The monoisotopic (exact) mass is 323 g/mol. The summed E-state index contributed by atoms with van der Waals surface area (Å²) in [5.74, 6) is -0.993. The highest BCUT2D eigenvalue weighted by atomic mass is 32.1. The Labute approximate surface area is 132 Å². The number of rotatable bonds is 4. The number of benzene rings is 1. The molecule has 0 saturated carbocycles. The van der Waals surface area contributed by atoms with Crippen LogP contribution in [0.4, 0.5) is 13.9 Å². The van der Waals surface area contributed by atoms with Crippen molar-refractivity contribution in [1.29, 1.82) is 0 Å². The fourth-order valence-corrected chi connectivity index (χ4v) is 3.69. The maximum Gasteiger partial charge on any atom is 0.180 e. The van der Waals surface area contributed by atoms with Gasteiger partial charge in [0, 0.05) is 17.6 Å². The van der Waals surface area contributed by atoms with Crippen LogP contribution in [-0.4, -0.2) is 23.0 Å². The molecular formula is C16H19F2N3S. The number of piperidine rings is 1. The van der Waals surface area contributed by atoms with Gasteiger partial charge in [0.25, 0.3) is 0 Å². The van der Waals surface area contributed by atoms with E-state index >= 15 is 0 Å². The molecule has 3 nitrogen and oxygen atoms in total. The fraction of sp³-hybridized carbons (Fsp3) is 0.438. The zero-order valence-corrected chi connectivity index (χ0v) is 13.1. The molecule has 3 rings (SSSR count). The van der Waals surface area contributed by atoms with Crippen LogP contribution in [0.25, 0.3) is 0 Å². The third-order valence-electron chi connectivity index (χ3n) is 4.17. The van der Waals surface area contributed by atoms with E-state index in [1.165, 1.54) is 28.3 Å². The van der Waals surface area contributed by atoms with Crippen LogP contribution in [0, 0.1) is 17.6 Å². The highest BCUT2D eigenvalue weighted by Crippen LogP contribution is 2.25. The zero-order chi connectivity index (χ0) is 15.5. The molecule has 6 heteroatoms. The van der Waals surface area contributed by atoms with Crippen molar-refractivity contribution in [2.45, 2.75) is 25.8 Å². The van der Waals surface area contributed by atoms with Gasteiger partial charge in [0.2, 0.25) is 0 Å². The first-order chi connectivity index (χ1) is 10.6. The van der Waals surface area contributed by atoms with Gasteiger partial charge < -0.3 is 5.73 Å². The molecule has 0 atom stereocenters. The Balaban J connectivity index is 1.50. The Kier molecular flexibility index (Phi) is 4.69. The molecule has 1 aromatic carbocycles. The van der Waals surface area contributed by atoms with E-state index in [2.05, 4.69) is 9.88 Å². The number of aromatic nitrogens is 1. The highest BCUT2D eigenvalue weighted by Gasteiger charge is 2.20. The molecule has 1 saturated heterocycles. The molecule has 0 spiro atoms. The predicted molar refractivity (Wildman–Crippen MR) is 84.6 cm³/mol. The molecule has 0 radical (unpaired) electrons. The minimum absolute atomic E-state index is 0.535. The molecule has 0 bridgehead atoms. The fourth-order valence-electron chi connectivity index (χ4n) is 2.96. The second kappa shape index (κ2) is 6.71. The Morgan fingerprint density at radius 1 is 1.23 bits per heavy atom. The van der Waals surface area contributed by atoms with E-state index < -0.39 is 11.6 Å². The van der Waals surface area contributed by atoms with E-state index in [4.69, 9.17) is 5.73 Å². The van der Waals surface area contributed by atoms with E-state index in [9.17, 15) is 8.78 Å². The number of halogens is 2. The molecule has 0 aliphatic carbocycles. The number of anilines is 1. The molecule has 1 aliphatic heterocycles. The number of nitrogens with two attached hydrogens (primary N) is 1. The normalized spacial score (nSPS) is 17.0. The molecule has 22 heavy (non-hydrogen) atoms. The van der Waals surface area contributed by atoms with Crippen molar-refractivity contribution in [3.05, 3.63) is 46.5 Å². The van der Waals surface area contributed by atoms with Crippen LogP contribution in [0.5, 0.6) is 0 Å². The predicted octanol–water partition coefficient (Wildman–Crippen LogP) is 3.46. The van der Waals surface area contributed by atoms with Gasteiger partial charge in [-0.15, -0.1) is 11.3 Å². The van der Waals surface area contributed by atoms with E-state index in [1.54, 1.807) is 6.07 Å². The number of thiazole rings is 1. The summed E-state index contributed by atoms with van der Waals surface area (Å²) in [6.07, 6.45) is 4.81. The number of nitrogen functional groups attached to an aromatic ring is 1. The summed E-state index contributed by atoms with van der Waals surface area (Å²) in [6, 6.07) is 4.22. The first-order valence-electron chi connectivity index (χ1n) is 7.46. The molecule has 0 amide bonds. The highest BCUT2D eigenvalue weighted by molar-refractivity contribution is 7.15. The minimum atomic E-state index is -0.776. The van der Waals surface area contributed by atoms with Crippen LogP contribution in [0.15, 0.2) is 24.4 Å². The van der Waals surface area contributed by atoms with Crippen molar-refractivity contribution in [3.8, 4) is 0 Å². The average Bonchev–Trinajstić information content (AvgIpc) is 2.90. The number of hydrogen-bond acceptors (Lipinski definition) is 4. The molecule has 1 aliphatic rings. The van der Waals surface area contributed by atoms with Gasteiger partial charge in [-0.25, -0.2) is 13.8 Å². The Morgan fingerprint density at radius 3 is 2.64 bits per heavy atom. The lowest BCUT2D eigenvalue weighted by atomic mass is 9.90. The first-order valence-corrected chi connectivity index (χ1v) is 8.28. The maximum absolute atomic E-state index is 13.2. The molecule has 1 aromatic heterocycles. The summed E-state index contributed by atoms with van der Waals surface area (Å²) in [6.45, 7) is 2.94. The van der Waals surface area contributed by atoms with Crippen LogP contribution in [0.3, 0.4) is 0 Å². The third kappa shape index (κ3) is 3.81. The molecule has 1 fully saturated rings. The van der Waals surface area contributed by atoms with Crippen molar-refractivity contribution in [3.63, 3.8) is 0 Å². The number of hydrogen-bond donors (Lipinski definition) is 1. The molecular weight excluding hydrogens is 304 g/mol. The van der Waals surface area contributed by atoms with Gasteiger partial charge >= 0.3 is 0 Å². The summed E-state index contributed by atoms with van der Waals surface area (Å²) >= 11 is 1.54. The van der Waals surface area contributed by atoms with Gasteiger partial charge in [-0.3, -0.25) is 4.90 Å². The van der Waals surface area contributed by atoms with Crippen molar-refractivity contribution in [2.75, 3.05) is 18.8 Å². The SMILES string of the molecule is Nc1ncc(CN2CCC(Cc3ccc(F)c(F)c3)CC2)s1. The van der Waals surface area contributed by atoms with Gasteiger partial charge in [0.1, 0.15) is 0 Å². The van der Waals surface area contributed by atoms with Gasteiger partial charge in [-0.2, -0.15) is 0 Å². The zero-order valence-electron chi connectivity index (χ0n) is 12.3. The molecule has 118 valence electrons. The second-order valence-corrected chi connectivity index (χ2v) is 6.98.